The summed E-state index contributed by atoms with van der Waals surface area (Å²) in [6, 6.07) is 8.43. The summed E-state index contributed by atoms with van der Waals surface area (Å²) in [6.45, 7) is 8.34. The van der Waals surface area contributed by atoms with Gasteiger partial charge in [-0.2, -0.15) is 0 Å². The lowest BCUT2D eigenvalue weighted by atomic mass is 9.64. The van der Waals surface area contributed by atoms with E-state index in [2.05, 4.69) is 45.3 Å². The van der Waals surface area contributed by atoms with Gasteiger partial charge in [0.25, 0.3) is 0 Å². The number of nitrogens with one attached hydrogen (secondary N) is 1. The van der Waals surface area contributed by atoms with Crippen LogP contribution in [0.2, 0.25) is 5.02 Å². The van der Waals surface area contributed by atoms with Gasteiger partial charge in [0.05, 0.1) is 0 Å². The van der Waals surface area contributed by atoms with Crippen molar-refractivity contribution in [3.8, 4) is 0 Å². The maximum absolute atomic E-state index is 6.01. The standard InChI is InChI=1S/C19H30ClN/c1-19(2,3)17-8-7-15(13-21-4)16(12-17)11-14-5-9-18(20)10-6-14/h5-6,9-10,15-17,21H,7-8,11-13H2,1-4H3. The zero-order chi connectivity index (χ0) is 15.5. The van der Waals surface area contributed by atoms with E-state index in [0.717, 1.165) is 29.3 Å². The van der Waals surface area contributed by atoms with Crippen LogP contribution in [-0.2, 0) is 6.42 Å². The van der Waals surface area contributed by atoms with Gasteiger partial charge in [-0.25, -0.2) is 0 Å². The molecular weight excluding hydrogens is 278 g/mol. The van der Waals surface area contributed by atoms with Crippen LogP contribution in [0.4, 0.5) is 0 Å². The number of rotatable bonds is 4. The van der Waals surface area contributed by atoms with Gasteiger partial charge in [0, 0.05) is 5.02 Å². The van der Waals surface area contributed by atoms with E-state index < -0.39 is 0 Å². The van der Waals surface area contributed by atoms with Crippen molar-refractivity contribution in [2.24, 2.45) is 23.2 Å². The summed E-state index contributed by atoms with van der Waals surface area (Å²) in [4.78, 5) is 0. The summed E-state index contributed by atoms with van der Waals surface area (Å²) >= 11 is 6.01. The molecule has 1 aliphatic rings. The van der Waals surface area contributed by atoms with Crippen LogP contribution in [0, 0.1) is 23.2 Å². The lowest BCUT2D eigenvalue weighted by molar-refractivity contribution is 0.0980. The molecule has 1 aromatic carbocycles. The molecule has 118 valence electrons. The van der Waals surface area contributed by atoms with Gasteiger partial charge in [-0.3, -0.25) is 0 Å². The summed E-state index contributed by atoms with van der Waals surface area (Å²) in [7, 11) is 2.08. The van der Waals surface area contributed by atoms with Crippen LogP contribution in [0.3, 0.4) is 0 Å². The lowest BCUT2D eigenvalue weighted by Crippen LogP contribution is -2.36. The minimum Gasteiger partial charge on any atom is -0.319 e. The minimum absolute atomic E-state index is 0.433. The van der Waals surface area contributed by atoms with E-state index in [1.807, 2.05) is 12.1 Å². The van der Waals surface area contributed by atoms with Gasteiger partial charge in [-0.1, -0.05) is 44.5 Å². The van der Waals surface area contributed by atoms with Gasteiger partial charge >= 0.3 is 0 Å². The molecule has 2 heteroatoms. The summed E-state index contributed by atoms with van der Waals surface area (Å²) in [5.41, 5.74) is 1.86. The molecule has 1 aliphatic carbocycles. The molecule has 0 bridgehead atoms. The molecule has 1 N–H and O–H groups in total. The Morgan fingerprint density at radius 1 is 1.10 bits per heavy atom. The molecule has 2 rings (SSSR count). The van der Waals surface area contributed by atoms with E-state index >= 15 is 0 Å². The van der Waals surface area contributed by atoms with E-state index in [9.17, 15) is 0 Å². The minimum atomic E-state index is 0.433. The number of benzene rings is 1. The largest absolute Gasteiger partial charge is 0.319 e. The highest BCUT2D eigenvalue weighted by molar-refractivity contribution is 6.30. The topological polar surface area (TPSA) is 12.0 Å². The van der Waals surface area contributed by atoms with Crippen LogP contribution >= 0.6 is 11.6 Å². The average molecular weight is 308 g/mol. The van der Waals surface area contributed by atoms with E-state index in [-0.39, 0.29) is 0 Å². The molecule has 3 unspecified atom stereocenters. The zero-order valence-electron chi connectivity index (χ0n) is 14.0. The predicted molar refractivity (Wildman–Crippen MR) is 92.9 cm³/mol. The first-order valence-corrected chi connectivity index (χ1v) is 8.67. The molecule has 0 aliphatic heterocycles. The third-order valence-electron chi connectivity index (χ3n) is 5.24. The van der Waals surface area contributed by atoms with Gasteiger partial charge in [-0.15, -0.1) is 0 Å². The van der Waals surface area contributed by atoms with Crippen molar-refractivity contribution >= 4 is 11.6 Å². The third-order valence-corrected chi connectivity index (χ3v) is 5.49. The van der Waals surface area contributed by atoms with Crippen LogP contribution < -0.4 is 5.32 Å². The summed E-state index contributed by atoms with van der Waals surface area (Å²) in [5.74, 6) is 2.45. The fourth-order valence-corrected chi connectivity index (χ4v) is 3.94. The molecule has 0 aromatic heterocycles. The molecular formula is C19H30ClN. The molecule has 1 nitrogen and oxygen atoms in total. The Bertz CT molecular complexity index is 432. The molecule has 21 heavy (non-hydrogen) atoms. The normalized spacial score (nSPS) is 26.8. The van der Waals surface area contributed by atoms with E-state index in [1.54, 1.807) is 0 Å². The first kappa shape index (κ1) is 16.8. The van der Waals surface area contributed by atoms with Gasteiger partial charge in [0.1, 0.15) is 0 Å². The monoisotopic (exact) mass is 307 g/mol. The molecule has 1 aromatic rings. The Labute approximate surface area is 135 Å². The predicted octanol–water partition coefficient (Wildman–Crippen LogP) is 5.18. The summed E-state index contributed by atoms with van der Waals surface area (Å²) in [6.07, 6.45) is 5.29. The van der Waals surface area contributed by atoms with Crippen LogP contribution in [0.5, 0.6) is 0 Å². The molecule has 3 atom stereocenters. The zero-order valence-corrected chi connectivity index (χ0v) is 14.7. The summed E-state index contributed by atoms with van der Waals surface area (Å²) in [5, 5.41) is 4.23. The Hall–Kier alpha value is -0.530. The van der Waals surface area contributed by atoms with E-state index in [1.165, 1.54) is 31.2 Å². The fraction of sp³-hybridized carbons (Fsp3) is 0.684. The van der Waals surface area contributed by atoms with Crippen molar-refractivity contribution in [3.63, 3.8) is 0 Å². The second-order valence-electron chi connectivity index (χ2n) is 7.78. The Balaban J connectivity index is 2.08. The number of hydrogen-bond acceptors (Lipinski definition) is 1. The highest BCUT2D eigenvalue weighted by Gasteiger charge is 2.35. The van der Waals surface area contributed by atoms with Gasteiger partial charge < -0.3 is 5.32 Å². The van der Waals surface area contributed by atoms with Crippen LogP contribution in [0.15, 0.2) is 24.3 Å². The number of hydrogen-bond donors (Lipinski definition) is 1. The van der Waals surface area contributed by atoms with Crippen LogP contribution in [0.1, 0.15) is 45.6 Å². The van der Waals surface area contributed by atoms with Crippen molar-refractivity contribution in [2.45, 2.75) is 46.5 Å². The van der Waals surface area contributed by atoms with Crippen molar-refractivity contribution < 1.29 is 0 Å². The molecule has 0 saturated heterocycles. The highest BCUT2D eigenvalue weighted by Crippen LogP contribution is 2.43. The Kier molecular flexibility index (Phi) is 5.73. The molecule has 0 radical (unpaired) electrons. The quantitative estimate of drug-likeness (QED) is 0.808. The molecule has 1 fully saturated rings. The molecule has 1 saturated carbocycles. The second kappa shape index (κ2) is 7.15. The van der Waals surface area contributed by atoms with Crippen molar-refractivity contribution in [1.29, 1.82) is 0 Å². The van der Waals surface area contributed by atoms with E-state index in [4.69, 9.17) is 11.6 Å². The first-order chi connectivity index (χ1) is 9.90. The smallest absolute Gasteiger partial charge is 0.0406 e. The molecule has 0 heterocycles. The highest BCUT2D eigenvalue weighted by atomic mass is 35.5. The Morgan fingerprint density at radius 3 is 2.33 bits per heavy atom. The van der Waals surface area contributed by atoms with Crippen molar-refractivity contribution in [3.05, 3.63) is 34.9 Å². The lowest BCUT2D eigenvalue weighted by Gasteiger charge is -2.42. The maximum Gasteiger partial charge on any atom is 0.0406 e. The van der Waals surface area contributed by atoms with Crippen LogP contribution in [0.25, 0.3) is 0 Å². The van der Waals surface area contributed by atoms with Gasteiger partial charge in [0.2, 0.25) is 0 Å². The van der Waals surface area contributed by atoms with Crippen molar-refractivity contribution in [2.75, 3.05) is 13.6 Å². The molecule has 0 spiro atoms. The summed E-state index contributed by atoms with van der Waals surface area (Å²) < 4.78 is 0. The third kappa shape index (κ3) is 4.72. The average Bonchev–Trinajstić information content (AvgIpc) is 2.42. The first-order valence-electron chi connectivity index (χ1n) is 8.29. The number of halogens is 1. The Morgan fingerprint density at radius 2 is 1.76 bits per heavy atom. The van der Waals surface area contributed by atoms with Crippen molar-refractivity contribution in [1.82, 2.24) is 5.32 Å². The second-order valence-corrected chi connectivity index (χ2v) is 8.22. The van der Waals surface area contributed by atoms with Gasteiger partial charge in [-0.05, 0) is 80.1 Å². The van der Waals surface area contributed by atoms with E-state index in [0.29, 0.717) is 5.41 Å². The fourth-order valence-electron chi connectivity index (χ4n) is 3.82. The maximum atomic E-state index is 6.01. The molecule has 0 amide bonds. The SMILES string of the molecule is CNCC1CCC(C(C)(C)C)CC1Cc1ccc(Cl)cc1. The van der Waals surface area contributed by atoms with Gasteiger partial charge in [0.15, 0.2) is 0 Å². The van der Waals surface area contributed by atoms with Crippen LogP contribution in [-0.4, -0.2) is 13.6 Å².